The number of rotatable bonds is 2. The van der Waals surface area contributed by atoms with Crippen LogP contribution in [0.2, 0.25) is 0 Å². The lowest BCUT2D eigenvalue weighted by molar-refractivity contribution is -0.117. The number of Topliss-reactive ketones (excluding diaryl/α,β-unsaturated/α-hetero) is 1. The van der Waals surface area contributed by atoms with Crippen LogP contribution in [-0.4, -0.2) is 22.7 Å². The minimum atomic E-state index is -0.585. The van der Waals surface area contributed by atoms with Crippen LogP contribution in [0.1, 0.15) is 42.6 Å². The molecule has 5 nitrogen and oxygen atoms in total. The van der Waals surface area contributed by atoms with E-state index in [0.29, 0.717) is 16.4 Å². The second-order valence-corrected chi connectivity index (χ2v) is 6.51. The van der Waals surface area contributed by atoms with E-state index in [9.17, 15) is 9.59 Å². The fraction of sp³-hybridized carbons (Fsp3) is 0.583. The van der Waals surface area contributed by atoms with Crippen LogP contribution in [0.5, 0.6) is 0 Å². The number of hydrogen-bond donors (Lipinski definition) is 2. The highest BCUT2D eigenvalue weighted by molar-refractivity contribution is 7.17. The summed E-state index contributed by atoms with van der Waals surface area (Å²) in [5, 5.41) is 3.10. The Morgan fingerprint density at radius 2 is 2.11 bits per heavy atom. The summed E-state index contributed by atoms with van der Waals surface area (Å²) in [5.74, 6) is -0.173. The standard InChI is InChI=1S/C12H17N3O2S.ClH/c1-6(13)10(17)15-11-14-7-4-12(2,3)5-8(16)9(7)18-11;/h6H,4-5,13H2,1-3H3,(H,14,15,17);1H. The first kappa shape index (κ1) is 16.1. The summed E-state index contributed by atoms with van der Waals surface area (Å²) >= 11 is 1.24. The Labute approximate surface area is 122 Å². The second-order valence-electron chi connectivity index (χ2n) is 5.51. The summed E-state index contributed by atoms with van der Waals surface area (Å²) < 4.78 is 0. The van der Waals surface area contributed by atoms with Crippen molar-refractivity contribution in [3.8, 4) is 0 Å². The minimum Gasteiger partial charge on any atom is -0.320 e. The van der Waals surface area contributed by atoms with Gasteiger partial charge in [0.05, 0.1) is 16.6 Å². The molecule has 0 bridgehead atoms. The van der Waals surface area contributed by atoms with E-state index in [1.165, 1.54) is 11.3 Å². The average Bonchev–Trinajstić information content (AvgIpc) is 2.58. The van der Waals surface area contributed by atoms with E-state index >= 15 is 0 Å². The molecule has 0 saturated heterocycles. The van der Waals surface area contributed by atoms with Gasteiger partial charge >= 0.3 is 0 Å². The van der Waals surface area contributed by atoms with Gasteiger partial charge in [-0.3, -0.25) is 9.59 Å². The Hall–Kier alpha value is -0.980. The molecule has 0 saturated carbocycles. The molecule has 0 spiro atoms. The molecule has 2 rings (SSSR count). The average molecular weight is 304 g/mol. The Morgan fingerprint density at radius 1 is 1.47 bits per heavy atom. The predicted molar refractivity (Wildman–Crippen MR) is 78.1 cm³/mol. The minimum absolute atomic E-state index is 0. The number of anilines is 1. The SMILES string of the molecule is CC(N)C(=O)Nc1nc2c(s1)C(=O)CC(C)(C)C2.Cl. The van der Waals surface area contributed by atoms with E-state index < -0.39 is 6.04 Å². The number of carbonyl (C=O) groups is 2. The molecule has 1 unspecified atom stereocenters. The summed E-state index contributed by atoms with van der Waals surface area (Å²) in [6, 6.07) is -0.585. The molecule has 106 valence electrons. The van der Waals surface area contributed by atoms with Gasteiger partial charge in [-0.1, -0.05) is 25.2 Å². The first-order valence-corrected chi connectivity index (χ1v) is 6.69. The zero-order valence-corrected chi connectivity index (χ0v) is 12.8. The van der Waals surface area contributed by atoms with Crippen molar-refractivity contribution >= 4 is 40.6 Å². The fourth-order valence-electron chi connectivity index (χ4n) is 1.99. The Bertz CT molecular complexity index is 511. The number of amides is 1. The van der Waals surface area contributed by atoms with Crippen molar-refractivity contribution in [3.63, 3.8) is 0 Å². The lowest BCUT2D eigenvalue weighted by Gasteiger charge is -2.26. The summed E-state index contributed by atoms with van der Waals surface area (Å²) in [7, 11) is 0. The van der Waals surface area contributed by atoms with Crippen molar-refractivity contribution < 1.29 is 9.59 Å². The highest BCUT2D eigenvalue weighted by atomic mass is 35.5. The number of thiazole rings is 1. The van der Waals surface area contributed by atoms with Crippen LogP contribution < -0.4 is 11.1 Å². The highest BCUT2D eigenvalue weighted by Crippen LogP contribution is 2.38. The topological polar surface area (TPSA) is 85.1 Å². The molecular formula is C12H18ClN3O2S. The molecule has 19 heavy (non-hydrogen) atoms. The first-order valence-electron chi connectivity index (χ1n) is 5.88. The van der Waals surface area contributed by atoms with E-state index in [1.54, 1.807) is 6.92 Å². The van der Waals surface area contributed by atoms with Crippen LogP contribution in [0.3, 0.4) is 0 Å². The number of ketones is 1. The third-order valence-electron chi connectivity index (χ3n) is 2.88. The molecule has 1 aromatic heterocycles. The van der Waals surface area contributed by atoms with Crippen molar-refractivity contribution in [2.24, 2.45) is 11.1 Å². The zero-order valence-electron chi connectivity index (χ0n) is 11.1. The Morgan fingerprint density at radius 3 is 2.68 bits per heavy atom. The maximum Gasteiger partial charge on any atom is 0.242 e. The number of nitrogens with one attached hydrogen (secondary N) is 1. The molecule has 1 amide bonds. The summed E-state index contributed by atoms with van der Waals surface area (Å²) in [4.78, 5) is 28.5. The molecule has 0 radical (unpaired) electrons. The van der Waals surface area contributed by atoms with Gasteiger partial charge < -0.3 is 11.1 Å². The van der Waals surface area contributed by atoms with Crippen LogP contribution in [0.4, 0.5) is 5.13 Å². The Kier molecular flexibility index (Phi) is 4.71. The maximum absolute atomic E-state index is 12.0. The molecule has 1 atom stereocenters. The molecule has 3 N–H and O–H groups in total. The van der Waals surface area contributed by atoms with E-state index in [4.69, 9.17) is 5.73 Å². The van der Waals surface area contributed by atoms with Gasteiger partial charge in [-0.05, 0) is 18.8 Å². The van der Waals surface area contributed by atoms with Crippen LogP contribution in [0, 0.1) is 5.41 Å². The predicted octanol–water partition coefficient (Wildman–Crippen LogP) is 2.01. The normalized spacial score (nSPS) is 18.2. The third kappa shape index (κ3) is 3.52. The van der Waals surface area contributed by atoms with Gasteiger partial charge in [0.1, 0.15) is 0 Å². The van der Waals surface area contributed by atoms with Crippen molar-refractivity contribution in [1.29, 1.82) is 0 Å². The largest absolute Gasteiger partial charge is 0.320 e. The number of aromatic nitrogens is 1. The van der Waals surface area contributed by atoms with Crippen molar-refractivity contribution in [3.05, 3.63) is 10.6 Å². The van der Waals surface area contributed by atoms with E-state index in [0.717, 1.165) is 12.1 Å². The van der Waals surface area contributed by atoms with Crippen LogP contribution >= 0.6 is 23.7 Å². The van der Waals surface area contributed by atoms with Gasteiger partial charge in [-0.15, -0.1) is 12.4 Å². The molecule has 0 fully saturated rings. The van der Waals surface area contributed by atoms with E-state index in [1.807, 2.05) is 13.8 Å². The number of nitrogens with two attached hydrogens (primary N) is 1. The van der Waals surface area contributed by atoms with Crippen LogP contribution in [0.25, 0.3) is 0 Å². The second kappa shape index (κ2) is 5.56. The van der Waals surface area contributed by atoms with Gasteiger partial charge in [0.2, 0.25) is 5.91 Å². The molecule has 7 heteroatoms. The molecule has 1 aromatic rings. The fourth-order valence-corrected chi connectivity index (χ4v) is 2.92. The van der Waals surface area contributed by atoms with Gasteiger partial charge in [0.15, 0.2) is 10.9 Å². The molecule has 1 heterocycles. The smallest absolute Gasteiger partial charge is 0.242 e. The first-order chi connectivity index (χ1) is 8.28. The molecular weight excluding hydrogens is 286 g/mol. The number of nitrogens with zero attached hydrogens (tertiary/aromatic N) is 1. The number of fused-ring (bicyclic) bond motifs is 1. The third-order valence-corrected chi connectivity index (χ3v) is 3.93. The lowest BCUT2D eigenvalue weighted by Crippen LogP contribution is -2.32. The monoisotopic (exact) mass is 303 g/mol. The van der Waals surface area contributed by atoms with Crippen molar-refractivity contribution in [2.45, 2.75) is 39.7 Å². The van der Waals surface area contributed by atoms with Gasteiger partial charge in [-0.25, -0.2) is 4.98 Å². The maximum atomic E-state index is 12.0. The Balaban J connectivity index is 0.00000180. The van der Waals surface area contributed by atoms with Crippen LogP contribution in [-0.2, 0) is 11.2 Å². The summed E-state index contributed by atoms with van der Waals surface area (Å²) in [5.41, 5.74) is 6.21. The quantitative estimate of drug-likeness (QED) is 0.875. The highest BCUT2D eigenvalue weighted by Gasteiger charge is 2.34. The number of carbonyl (C=O) groups excluding carboxylic acids is 2. The van der Waals surface area contributed by atoms with E-state index in [-0.39, 0.29) is 29.5 Å². The molecule has 1 aliphatic rings. The van der Waals surface area contributed by atoms with Gasteiger partial charge in [-0.2, -0.15) is 0 Å². The summed E-state index contributed by atoms with van der Waals surface area (Å²) in [6.07, 6.45) is 1.29. The summed E-state index contributed by atoms with van der Waals surface area (Å²) in [6.45, 7) is 5.71. The van der Waals surface area contributed by atoms with Gasteiger partial charge in [0.25, 0.3) is 0 Å². The molecule has 0 aromatic carbocycles. The lowest BCUT2D eigenvalue weighted by atomic mass is 9.78. The van der Waals surface area contributed by atoms with Gasteiger partial charge in [0, 0.05) is 6.42 Å². The number of halogens is 1. The molecule has 0 aliphatic heterocycles. The molecule has 1 aliphatic carbocycles. The van der Waals surface area contributed by atoms with E-state index in [2.05, 4.69) is 10.3 Å². The van der Waals surface area contributed by atoms with Crippen molar-refractivity contribution in [1.82, 2.24) is 4.98 Å². The van der Waals surface area contributed by atoms with Crippen molar-refractivity contribution in [2.75, 3.05) is 5.32 Å². The number of hydrogen-bond acceptors (Lipinski definition) is 5. The van der Waals surface area contributed by atoms with Crippen LogP contribution in [0.15, 0.2) is 0 Å². The zero-order chi connectivity index (χ0) is 13.5.